The van der Waals surface area contributed by atoms with Gasteiger partial charge in [0, 0.05) is 40.7 Å². The fourth-order valence-electron chi connectivity index (χ4n) is 2.66. The number of hydrogen-bond acceptors (Lipinski definition) is 4. The van der Waals surface area contributed by atoms with E-state index in [1.807, 2.05) is 12.1 Å². The smallest absolute Gasteiger partial charge is 0.0637 e. The Bertz CT molecular complexity index is 584. The van der Waals surface area contributed by atoms with Crippen LogP contribution in [-0.4, -0.2) is 42.4 Å². The first-order chi connectivity index (χ1) is 9.79. The van der Waals surface area contributed by atoms with E-state index in [-0.39, 0.29) is 12.6 Å². The number of halogens is 1. The molecule has 1 fully saturated rings. The van der Waals surface area contributed by atoms with E-state index < -0.39 is 0 Å². The van der Waals surface area contributed by atoms with Gasteiger partial charge >= 0.3 is 0 Å². The number of nitrogens with zero attached hydrogens (tertiary/aromatic N) is 1. The Balaban J connectivity index is 1.82. The molecule has 0 aliphatic carbocycles. The summed E-state index contributed by atoms with van der Waals surface area (Å²) in [5.74, 6) is 0. The highest BCUT2D eigenvalue weighted by Gasteiger charge is 2.24. The lowest BCUT2D eigenvalue weighted by Gasteiger charge is -2.35. The van der Waals surface area contributed by atoms with Crippen molar-refractivity contribution in [3.63, 3.8) is 0 Å². The van der Waals surface area contributed by atoms with Crippen LogP contribution >= 0.6 is 22.9 Å². The summed E-state index contributed by atoms with van der Waals surface area (Å²) in [6, 6.07) is 8.54. The highest BCUT2D eigenvalue weighted by atomic mass is 35.5. The maximum atomic E-state index is 9.17. The van der Waals surface area contributed by atoms with Crippen LogP contribution in [-0.2, 0) is 11.3 Å². The Hall–Kier alpha value is -0.650. The predicted molar refractivity (Wildman–Crippen MR) is 83.6 cm³/mol. The van der Waals surface area contributed by atoms with Gasteiger partial charge in [0.05, 0.1) is 18.2 Å². The van der Waals surface area contributed by atoms with Gasteiger partial charge in [0.1, 0.15) is 0 Å². The SMILES string of the molecule is OCCC1COCCN1Cc1sc2ccccc2c1Cl. The Morgan fingerprint density at radius 2 is 2.25 bits per heavy atom. The van der Waals surface area contributed by atoms with E-state index in [1.165, 1.54) is 9.58 Å². The van der Waals surface area contributed by atoms with Gasteiger partial charge in [-0.2, -0.15) is 0 Å². The molecule has 0 bridgehead atoms. The molecule has 5 heteroatoms. The van der Waals surface area contributed by atoms with E-state index in [4.69, 9.17) is 21.4 Å². The summed E-state index contributed by atoms with van der Waals surface area (Å²) in [6.07, 6.45) is 0.752. The molecule has 2 heterocycles. The number of hydrogen-bond donors (Lipinski definition) is 1. The van der Waals surface area contributed by atoms with Crippen molar-refractivity contribution >= 4 is 33.0 Å². The van der Waals surface area contributed by atoms with Crippen molar-refractivity contribution in [3.05, 3.63) is 34.2 Å². The average Bonchev–Trinajstić information content (AvgIpc) is 2.79. The number of thiophene rings is 1. The second kappa shape index (κ2) is 6.41. The lowest BCUT2D eigenvalue weighted by atomic mass is 10.1. The fourth-order valence-corrected chi connectivity index (χ4v) is 4.18. The van der Waals surface area contributed by atoms with Crippen LogP contribution in [0, 0.1) is 0 Å². The Morgan fingerprint density at radius 1 is 1.40 bits per heavy atom. The lowest BCUT2D eigenvalue weighted by Crippen LogP contribution is -2.45. The lowest BCUT2D eigenvalue weighted by molar-refractivity contribution is -0.0191. The fraction of sp³-hybridized carbons (Fsp3) is 0.467. The van der Waals surface area contributed by atoms with E-state index >= 15 is 0 Å². The van der Waals surface area contributed by atoms with Crippen molar-refractivity contribution in [1.29, 1.82) is 0 Å². The van der Waals surface area contributed by atoms with E-state index in [0.717, 1.165) is 36.5 Å². The minimum atomic E-state index is 0.199. The van der Waals surface area contributed by atoms with Crippen molar-refractivity contribution in [1.82, 2.24) is 4.90 Å². The largest absolute Gasteiger partial charge is 0.396 e. The number of fused-ring (bicyclic) bond motifs is 1. The summed E-state index contributed by atoms with van der Waals surface area (Å²) in [7, 11) is 0. The van der Waals surface area contributed by atoms with Crippen LogP contribution in [0.2, 0.25) is 5.02 Å². The maximum Gasteiger partial charge on any atom is 0.0637 e. The molecule has 20 heavy (non-hydrogen) atoms. The van der Waals surface area contributed by atoms with Crippen molar-refractivity contribution in [2.45, 2.75) is 19.0 Å². The summed E-state index contributed by atoms with van der Waals surface area (Å²) >= 11 is 8.27. The molecule has 1 unspecified atom stereocenters. The van der Waals surface area contributed by atoms with E-state index in [1.54, 1.807) is 11.3 Å². The van der Waals surface area contributed by atoms with Gasteiger partial charge in [0.15, 0.2) is 0 Å². The molecule has 1 N–H and O–H groups in total. The van der Waals surface area contributed by atoms with Gasteiger partial charge < -0.3 is 9.84 Å². The Kier molecular flexibility index (Phi) is 4.58. The van der Waals surface area contributed by atoms with E-state index in [0.29, 0.717) is 6.61 Å². The molecule has 0 saturated carbocycles. The van der Waals surface area contributed by atoms with Gasteiger partial charge in [-0.1, -0.05) is 29.8 Å². The summed E-state index contributed by atoms with van der Waals surface area (Å²) < 4.78 is 6.75. The minimum Gasteiger partial charge on any atom is -0.396 e. The Labute approximate surface area is 127 Å². The maximum absolute atomic E-state index is 9.17. The molecule has 0 spiro atoms. The van der Waals surface area contributed by atoms with Crippen LogP contribution in [0.1, 0.15) is 11.3 Å². The van der Waals surface area contributed by atoms with Crippen molar-refractivity contribution in [2.24, 2.45) is 0 Å². The first-order valence-electron chi connectivity index (χ1n) is 6.88. The number of aliphatic hydroxyl groups is 1. The van der Waals surface area contributed by atoms with Crippen molar-refractivity contribution in [2.75, 3.05) is 26.4 Å². The van der Waals surface area contributed by atoms with Crippen LogP contribution in [0.15, 0.2) is 24.3 Å². The van der Waals surface area contributed by atoms with Gasteiger partial charge in [0.2, 0.25) is 0 Å². The van der Waals surface area contributed by atoms with Crippen molar-refractivity contribution in [3.8, 4) is 0 Å². The molecule has 0 amide bonds. The third-order valence-corrected chi connectivity index (χ3v) is 5.46. The summed E-state index contributed by atoms with van der Waals surface area (Å²) in [5.41, 5.74) is 0. The molecule has 3 rings (SSSR count). The van der Waals surface area contributed by atoms with Gasteiger partial charge in [-0.25, -0.2) is 0 Å². The highest BCUT2D eigenvalue weighted by Crippen LogP contribution is 2.36. The second-order valence-electron chi connectivity index (χ2n) is 5.05. The number of morpholine rings is 1. The number of aliphatic hydroxyl groups excluding tert-OH is 1. The monoisotopic (exact) mass is 311 g/mol. The molecule has 1 atom stereocenters. The van der Waals surface area contributed by atoms with Gasteiger partial charge in [-0.15, -0.1) is 11.3 Å². The highest BCUT2D eigenvalue weighted by molar-refractivity contribution is 7.19. The zero-order chi connectivity index (χ0) is 13.9. The molecule has 3 nitrogen and oxygen atoms in total. The number of ether oxygens (including phenoxy) is 1. The second-order valence-corrected chi connectivity index (χ2v) is 6.56. The van der Waals surface area contributed by atoms with Crippen LogP contribution in [0.4, 0.5) is 0 Å². The standard InChI is InChI=1S/C15H18ClNO2S/c16-15-12-3-1-2-4-13(12)20-14(15)9-17-6-8-19-10-11(17)5-7-18/h1-4,11,18H,5-10H2. The molecule has 108 valence electrons. The van der Waals surface area contributed by atoms with E-state index in [9.17, 15) is 0 Å². The zero-order valence-corrected chi connectivity index (χ0v) is 12.8. The molecular weight excluding hydrogens is 294 g/mol. The van der Waals surface area contributed by atoms with E-state index in [2.05, 4.69) is 17.0 Å². The minimum absolute atomic E-state index is 0.199. The topological polar surface area (TPSA) is 32.7 Å². The predicted octanol–water partition coefficient (Wildman–Crippen LogP) is 3.14. The first-order valence-corrected chi connectivity index (χ1v) is 8.07. The molecule has 1 saturated heterocycles. The number of rotatable bonds is 4. The first kappa shape index (κ1) is 14.3. The molecule has 1 aliphatic rings. The van der Waals surface area contributed by atoms with Crippen LogP contribution in [0.25, 0.3) is 10.1 Å². The van der Waals surface area contributed by atoms with Crippen molar-refractivity contribution < 1.29 is 9.84 Å². The van der Waals surface area contributed by atoms with Crippen LogP contribution < -0.4 is 0 Å². The average molecular weight is 312 g/mol. The summed E-state index contributed by atoms with van der Waals surface area (Å²) in [5, 5.41) is 11.2. The normalized spacial score (nSPS) is 20.6. The van der Waals surface area contributed by atoms with Crippen LogP contribution in [0.5, 0.6) is 0 Å². The zero-order valence-electron chi connectivity index (χ0n) is 11.2. The molecule has 2 aromatic rings. The van der Waals surface area contributed by atoms with Gasteiger partial charge in [0.25, 0.3) is 0 Å². The van der Waals surface area contributed by atoms with Crippen LogP contribution in [0.3, 0.4) is 0 Å². The molecule has 1 aromatic carbocycles. The van der Waals surface area contributed by atoms with Gasteiger partial charge in [-0.05, 0) is 12.5 Å². The third kappa shape index (κ3) is 2.85. The van der Waals surface area contributed by atoms with Gasteiger partial charge in [-0.3, -0.25) is 4.90 Å². The molecular formula is C15H18ClNO2S. The Morgan fingerprint density at radius 3 is 3.05 bits per heavy atom. The number of benzene rings is 1. The quantitative estimate of drug-likeness (QED) is 0.941. The third-order valence-electron chi connectivity index (χ3n) is 3.76. The molecule has 0 radical (unpaired) electrons. The molecule has 1 aliphatic heterocycles. The summed E-state index contributed by atoms with van der Waals surface area (Å²) in [6.45, 7) is 3.39. The molecule has 1 aromatic heterocycles. The summed E-state index contributed by atoms with van der Waals surface area (Å²) in [4.78, 5) is 3.58.